The molecule has 0 amide bonds. The Morgan fingerprint density at radius 3 is 3.12 bits per heavy atom. The third-order valence-corrected chi connectivity index (χ3v) is 1.13. The van der Waals surface area contributed by atoms with E-state index in [1.807, 2.05) is 12.9 Å². The van der Waals surface area contributed by atoms with Crippen molar-refractivity contribution >= 4 is 5.94 Å². The Balaban J connectivity index is 2.27. The molecule has 1 rings (SSSR count). The Hall–Kier alpha value is -0.590. The summed E-state index contributed by atoms with van der Waals surface area (Å²) in [6, 6.07) is 0. The lowest BCUT2D eigenvalue weighted by Gasteiger charge is -1.89. The van der Waals surface area contributed by atoms with Gasteiger partial charge in [-0.05, 0) is 6.92 Å². The van der Waals surface area contributed by atoms with E-state index in [9.17, 15) is 4.79 Å². The molecule has 1 aliphatic rings. The van der Waals surface area contributed by atoms with Crippen LogP contribution in [0, 0.1) is 0 Å². The maximum Gasteiger partial charge on any atom is 0.126 e. The monoisotopic (exact) mass is 112 g/mol. The van der Waals surface area contributed by atoms with Gasteiger partial charge in [-0.3, -0.25) is 0 Å². The van der Waals surface area contributed by atoms with Crippen LogP contribution < -0.4 is 0 Å². The predicted molar refractivity (Wildman–Crippen MR) is 29.2 cm³/mol. The van der Waals surface area contributed by atoms with Crippen LogP contribution in [0.4, 0.5) is 0 Å². The molecule has 0 saturated heterocycles. The van der Waals surface area contributed by atoms with Crippen LogP contribution in [-0.2, 0) is 9.53 Å². The summed E-state index contributed by atoms with van der Waals surface area (Å²) < 4.78 is 5.06. The average molecular weight is 112 g/mol. The Morgan fingerprint density at radius 2 is 2.75 bits per heavy atom. The molecule has 0 heterocycles. The third kappa shape index (κ3) is 0.971. The Labute approximate surface area is 48.1 Å². The molecule has 1 unspecified atom stereocenters. The van der Waals surface area contributed by atoms with Crippen molar-refractivity contribution < 1.29 is 9.53 Å². The van der Waals surface area contributed by atoms with Crippen molar-refractivity contribution in [3.8, 4) is 0 Å². The van der Waals surface area contributed by atoms with Crippen LogP contribution >= 0.6 is 0 Å². The summed E-state index contributed by atoms with van der Waals surface area (Å²) in [5, 5.41) is 0. The molecule has 1 aliphatic carbocycles. The first kappa shape index (κ1) is 5.54. The Bertz CT molecular complexity index is 133. The molecule has 8 heavy (non-hydrogen) atoms. The van der Waals surface area contributed by atoms with E-state index >= 15 is 0 Å². The molecule has 0 bridgehead atoms. The lowest BCUT2D eigenvalue weighted by Crippen LogP contribution is -1.90. The van der Waals surface area contributed by atoms with Crippen molar-refractivity contribution in [3.63, 3.8) is 0 Å². The van der Waals surface area contributed by atoms with Crippen LogP contribution in [0.2, 0.25) is 0 Å². The lowest BCUT2D eigenvalue weighted by atomic mass is 10.7. The van der Waals surface area contributed by atoms with Crippen molar-refractivity contribution in [1.82, 2.24) is 0 Å². The number of carbonyl (C=O) groups excluding carboxylic acids is 1. The van der Waals surface area contributed by atoms with Crippen molar-refractivity contribution in [2.24, 2.45) is 0 Å². The highest BCUT2D eigenvalue weighted by molar-refractivity contribution is 5.61. The smallest absolute Gasteiger partial charge is 0.126 e. The lowest BCUT2D eigenvalue weighted by molar-refractivity contribution is 0.141. The quantitative estimate of drug-likeness (QED) is 0.488. The molecule has 2 heteroatoms. The molecule has 0 aliphatic heterocycles. The van der Waals surface area contributed by atoms with Crippen molar-refractivity contribution in [2.75, 3.05) is 6.61 Å². The standard InChI is InChI=1S/C6H8O2/c1-2-8-6-3-5(6)4-7/h6H,2-3H2,1H3. The van der Waals surface area contributed by atoms with Gasteiger partial charge in [-0.1, -0.05) is 0 Å². The summed E-state index contributed by atoms with van der Waals surface area (Å²) in [6.07, 6.45) is 0.926. The minimum atomic E-state index is 0.123. The minimum absolute atomic E-state index is 0.123. The summed E-state index contributed by atoms with van der Waals surface area (Å²) in [4.78, 5) is 9.81. The second kappa shape index (κ2) is 2.12. The maximum atomic E-state index is 9.81. The van der Waals surface area contributed by atoms with Crippen LogP contribution in [0.3, 0.4) is 0 Å². The molecule has 0 aromatic rings. The largest absolute Gasteiger partial charge is 0.373 e. The molecule has 1 saturated carbocycles. The van der Waals surface area contributed by atoms with Gasteiger partial charge in [-0.25, -0.2) is 4.79 Å². The van der Waals surface area contributed by atoms with Gasteiger partial charge < -0.3 is 4.74 Å². The zero-order valence-corrected chi connectivity index (χ0v) is 4.81. The topological polar surface area (TPSA) is 26.3 Å². The fourth-order valence-electron chi connectivity index (χ4n) is 0.609. The second-order valence-corrected chi connectivity index (χ2v) is 1.78. The first-order valence-corrected chi connectivity index (χ1v) is 2.74. The van der Waals surface area contributed by atoms with E-state index in [0.717, 1.165) is 12.0 Å². The SMILES string of the molecule is CCOC1CC1=C=O. The summed E-state index contributed by atoms with van der Waals surface area (Å²) in [6.45, 7) is 2.61. The van der Waals surface area contributed by atoms with Gasteiger partial charge in [0, 0.05) is 18.6 Å². The van der Waals surface area contributed by atoms with E-state index in [0.29, 0.717) is 6.61 Å². The highest BCUT2D eigenvalue weighted by atomic mass is 16.5. The number of rotatable bonds is 2. The van der Waals surface area contributed by atoms with Crippen molar-refractivity contribution in [3.05, 3.63) is 5.57 Å². The van der Waals surface area contributed by atoms with E-state index in [4.69, 9.17) is 4.74 Å². The summed E-state index contributed by atoms with van der Waals surface area (Å²) >= 11 is 0. The molecule has 0 radical (unpaired) electrons. The molecule has 0 N–H and O–H groups in total. The van der Waals surface area contributed by atoms with Gasteiger partial charge in [0.2, 0.25) is 0 Å². The van der Waals surface area contributed by atoms with E-state index in [2.05, 4.69) is 0 Å². The Kier molecular flexibility index (Phi) is 1.47. The van der Waals surface area contributed by atoms with E-state index < -0.39 is 0 Å². The second-order valence-electron chi connectivity index (χ2n) is 1.78. The van der Waals surface area contributed by atoms with Crippen LogP contribution in [0.15, 0.2) is 5.57 Å². The van der Waals surface area contributed by atoms with Gasteiger partial charge in [0.15, 0.2) is 0 Å². The van der Waals surface area contributed by atoms with E-state index in [1.54, 1.807) is 0 Å². The minimum Gasteiger partial charge on any atom is -0.373 e. The number of hydrogen-bond acceptors (Lipinski definition) is 2. The van der Waals surface area contributed by atoms with Crippen molar-refractivity contribution in [2.45, 2.75) is 19.4 Å². The number of hydrogen-bond donors (Lipinski definition) is 0. The van der Waals surface area contributed by atoms with Gasteiger partial charge in [0.05, 0.1) is 6.10 Å². The summed E-state index contributed by atoms with van der Waals surface area (Å²) in [5.74, 6) is 1.82. The fourth-order valence-corrected chi connectivity index (χ4v) is 0.609. The van der Waals surface area contributed by atoms with Gasteiger partial charge in [0.1, 0.15) is 5.94 Å². The summed E-state index contributed by atoms with van der Waals surface area (Å²) in [5.41, 5.74) is 0.784. The first-order chi connectivity index (χ1) is 3.88. The molecular formula is C6H8O2. The zero-order chi connectivity index (χ0) is 5.98. The molecule has 1 fully saturated rings. The third-order valence-electron chi connectivity index (χ3n) is 1.13. The van der Waals surface area contributed by atoms with Crippen LogP contribution in [-0.4, -0.2) is 18.7 Å². The highest BCUT2D eigenvalue weighted by Gasteiger charge is 2.31. The molecule has 44 valence electrons. The first-order valence-electron chi connectivity index (χ1n) is 2.74. The molecule has 1 atom stereocenters. The van der Waals surface area contributed by atoms with Gasteiger partial charge in [-0.15, -0.1) is 0 Å². The van der Waals surface area contributed by atoms with Gasteiger partial charge in [-0.2, -0.15) is 0 Å². The fraction of sp³-hybridized carbons (Fsp3) is 0.667. The Morgan fingerprint density at radius 1 is 2.00 bits per heavy atom. The number of ether oxygens (including phenoxy) is 1. The van der Waals surface area contributed by atoms with Crippen molar-refractivity contribution in [1.29, 1.82) is 0 Å². The molecule has 2 nitrogen and oxygen atoms in total. The molecule has 0 aromatic heterocycles. The molecular weight excluding hydrogens is 104 g/mol. The zero-order valence-electron chi connectivity index (χ0n) is 4.81. The van der Waals surface area contributed by atoms with Gasteiger partial charge >= 0.3 is 0 Å². The van der Waals surface area contributed by atoms with Crippen LogP contribution in [0.5, 0.6) is 0 Å². The van der Waals surface area contributed by atoms with Crippen LogP contribution in [0.25, 0.3) is 0 Å². The highest BCUT2D eigenvalue weighted by Crippen LogP contribution is 2.29. The van der Waals surface area contributed by atoms with Crippen LogP contribution in [0.1, 0.15) is 13.3 Å². The maximum absolute atomic E-state index is 9.81. The van der Waals surface area contributed by atoms with Gasteiger partial charge in [0.25, 0.3) is 0 Å². The molecule has 0 spiro atoms. The average Bonchev–Trinajstić information content (AvgIpc) is 2.48. The summed E-state index contributed by atoms with van der Waals surface area (Å²) in [7, 11) is 0. The normalized spacial score (nSPS) is 25.1. The predicted octanol–water partition coefficient (Wildman–Crippen LogP) is 0.553. The van der Waals surface area contributed by atoms with E-state index in [-0.39, 0.29) is 6.10 Å². The van der Waals surface area contributed by atoms with E-state index in [1.165, 1.54) is 0 Å². The molecule has 0 aromatic carbocycles.